The molecule has 0 amide bonds. The average molecular weight is 315 g/mol. The first-order chi connectivity index (χ1) is 7.88. The lowest BCUT2D eigenvalue weighted by atomic mass is 10.4. The van der Waals surface area contributed by atoms with Gasteiger partial charge < -0.3 is 9.84 Å². The van der Waals surface area contributed by atoms with E-state index >= 15 is 0 Å². The molecule has 0 radical (unpaired) electrons. The maximum Gasteiger partial charge on any atom is 0.205 e. The normalized spacial score (nSPS) is 14.5. The molecular formula is C10H10Cl3NO2S. The molecular weight excluding hydrogens is 305 g/mol. The Morgan fingerprint density at radius 3 is 2.47 bits per heavy atom. The Morgan fingerprint density at radius 1 is 1.35 bits per heavy atom. The van der Waals surface area contributed by atoms with Crippen LogP contribution in [0.5, 0.6) is 0 Å². The highest BCUT2D eigenvalue weighted by atomic mass is 35.6. The number of ether oxygens (including phenoxy) is 1. The van der Waals surface area contributed by atoms with Gasteiger partial charge in [0.15, 0.2) is 19.8 Å². The quantitative estimate of drug-likeness (QED) is 0.372. The first-order valence-electron chi connectivity index (χ1n) is 4.55. The fraction of sp³-hybridized carbons (Fsp3) is 0.300. The molecule has 0 saturated heterocycles. The van der Waals surface area contributed by atoms with E-state index in [1.807, 2.05) is 36.6 Å². The number of alkyl halides is 3. The van der Waals surface area contributed by atoms with Gasteiger partial charge in [0.1, 0.15) is 6.26 Å². The summed E-state index contributed by atoms with van der Waals surface area (Å²) in [6.07, 6.45) is 1.08. The summed E-state index contributed by atoms with van der Waals surface area (Å²) < 4.78 is 6.94. The summed E-state index contributed by atoms with van der Waals surface area (Å²) in [6, 6.07) is 9.41. The van der Waals surface area contributed by atoms with Gasteiger partial charge in [0.2, 0.25) is 6.08 Å². The summed E-state index contributed by atoms with van der Waals surface area (Å²) >= 11 is 15.8. The molecule has 0 bridgehead atoms. The predicted molar refractivity (Wildman–Crippen MR) is 71.7 cm³/mol. The average Bonchev–Trinajstić information content (AvgIpc) is 2.27. The molecule has 1 unspecified atom stereocenters. The number of nitrogens with zero attached hydrogens (tertiary/aromatic N) is 1. The molecule has 94 valence electrons. The van der Waals surface area contributed by atoms with Crippen LogP contribution in [0.25, 0.3) is 0 Å². The Morgan fingerprint density at radius 2 is 1.94 bits per heavy atom. The van der Waals surface area contributed by atoms with Gasteiger partial charge in [-0.05, 0) is 16.5 Å². The fourth-order valence-corrected chi connectivity index (χ4v) is 2.05. The molecule has 0 aliphatic heterocycles. The van der Waals surface area contributed by atoms with Crippen molar-refractivity contribution in [3.05, 3.63) is 30.3 Å². The van der Waals surface area contributed by atoms with Crippen molar-refractivity contribution in [3.63, 3.8) is 0 Å². The summed E-state index contributed by atoms with van der Waals surface area (Å²) in [5.74, 6) is 0. The molecule has 0 fully saturated rings. The highest BCUT2D eigenvalue weighted by Crippen LogP contribution is 2.25. The Hall–Kier alpha value is -0.290. The Labute approximate surface area is 118 Å². The van der Waals surface area contributed by atoms with Crippen LogP contribution in [0.1, 0.15) is 0 Å². The van der Waals surface area contributed by atoms with Crippen molar-refractivity contribution in [1.29, 1.82) is 0 Å². The third kappa shape index (κ3) is 6.27. The Kier molecular flexibility index (Phi) is 5.73. The van der Waals surface area contributed by atoms with Gasteiger partial charge in [-0.1, -0.05) is 53.0 Å². The maximum absolute atomic E-state index is 11.3. The van der Waals surface area contributed by atoms with E-state index < -0.39 is 21.0 Å². The standard InChI is InChI=1S/C10H10Cl3NO2S/c1-17(8-5-3-2-4-6-8)14-9(15)16-7-10(11,12)13/h2-6H,7H2,1H3. The molecule has 0 aliphatic rings. The van der Waals surface area contributed by atoms with Crippen molar-refractivity contribution in [3.8, 4) is 0 Å². The highest BCUT2D eigenvalue weighted by molar-refractivity contribution is 7.95. The number of halogens is 3. The van der Waals surface area contributed by atoms with Crippen LogP contribution >= 0.6 is 34.8 Å². The molecule has 0 heterocycles. The largest absolute Gasteiger partial charge is 0.593 e. The zero-order valence-corrected chi connectivity index (χ0v) is 12.0. The lowest BCUT2D eigenvalue weighted by Crippen LogP contribution is -2.27. The first kappa shape index (κ1) is 14.8. The van der Waals surface area contributed by atoms with E-state index in [0.29, 0.717) is 0 Å². The molecule has 0 aromatic heterocycles. The van der Waals surface area contributed by atoms with Gasteiger partial charge in [-0.3, -0.25) is 0 Å². The lowest BCUT2D eigenvalue weighted by molar-refractivity contribution is -0.249. The van der Waals surface area contributed by atoms with E-state index in [1.165, 1.54) is 0 Å². The van der Waals surface area contributed by atoms with Crippen molar-refractivity contribution < 1.29 is 9.84 Å². The van der Waals surface area contributed by atoms with E-state index in [0.717, 1.165) is 4.90 Å². The molecule has 0 saturated carbocycles. The second kappa shape index (κ2) is 6.59. The smallest absolute Gasteiger partial charge is 0.205 e. The van der Waals surface area contributed by atoms with Crippen molar-refractivity contribution in [2.75, 3.05) is 12.9 Å². The lowest BCUT2D eigenvalue weighted by Gasteiger charge is -2.17. The summed E-state index contributed by atoms with van der Waals surface area (Å²) in [7, 11) is 0. The number of rotatable bonds is 3. The minimum Gasteiger partial charge on any atom is -0.593 e. The van der Waals surface area contributed by atoms with Crippen molar-refractivity contribution in [2.24, 2.45) is 4.40 Å². The van der Waals surface area contributed by atoms with E-state index in [9.17, 15) is 5.11 Å². The van der Waals surface area contributed by atoms with Gasteiger partial charge in [-0.25, -0.2) is 0 Å². The van der Waals surface area contributed by atoms with Gasteiger partial charge in [-0.15, -0.1) is 0 Å². The molecule has 0 aliphatic carbocycles. The van der Waals surface area contributed by atoms with Crippen LogP contribution in [-0.2, 0) is 15.8 Å². The van der Waals surface area contributed by atoms with Crippen molar-refractivity contribution in [2.45, 2.75) is 8.69 Å². The molecule has 17 heavy (non-hydrogen) atoms. The van der Waals surface area contributed by atoms with Gasteiger partial charge in [0, 0.05) is 6.61 Å². The summed E-state index contributed by atoms with van der Waals surface area (Å²) in [4.78, 5) is 0.943. The van der Waals surface area contributed by atoms with Gasteiger partial charge in [-0.2, -0.15) is 0 Å². The monoisotopic (exact) mass is 313 g/mol. The van der Waals surface area contributed by atoms with Crippen molar-refractivity contribution >= 4 is 52.0 Å². The van der Waals surface area contributed by atoms with E-state index in [4.69, 9.17) is 39.5 Å². The van der Waals surface area contributed by atoms with E-state index in [1.54, 1.807) is 0 Å². The molecule has 1 aromatic rings. The van der Waals surface area contributed by atoms with Gasteiger partial charge >= 0.3 is 0 Å². The molecule has 1 atom stereocenters. The third-order valence-corrected chi connectivity index (χ3v) is 3.36. The number of benzene rings is 1. The second-order valence-electron chi connectivity index (χ2n) is 3.05. The van der Waals surface area contributed by atoms with Gasteiger partial charge in [0.25, 0.3) is 0 Å². The van der Waals surface area contributed by atoms with Crippen LogP contribution < -0.4 is 5.11 Å². The van der Waals surface area contributed by atoms with Gasteiger partial charge in [0.05, 0.1) is 0 Å². The fourth-order valence-electron chi connectivity index (χ4n) is 0.952. The van der Waals surface area contributed by atoms with Crippen LogP contribution in [0.4, 0.5) is 0 Å². The summed E-state index contributed by atoms with van der Waals surface area (Å²) in [6.45, 7) is -0.314. The number of hydrogen-bond donors (Lipinski definition) is 0. The summed E-state index contributed by atoms with van der Waals surface area (Å²) in [5, 5.41) is 11.3. The highest BCUT2D eigenvalue weighted by Gasteiger charge is 2.18. The second-order valence-corrected chi connectivity index (χ2v) is 7.18. The summed E-state index contributed by atoms with van der Waals surface area (Å²) in [5.41, 5.74) is 0. The topological polar surface area (TPSA) is 44.7 Å². The third-order valence-electron chi connectivity index (χ3n) is 1.66. The first-order valence-corrected chi connectivity index (χ1v) is 7.27. The minimum atomic E-state index is -1.61. The van der Waals surface area contributed by atoms with Crippen molar-refractivity contribution in [1.82, 2.24) is 0 Å². The van der Waals surface area contributed by atoms with Crippen LogP contribution in [0.15, 0.2) is 39.6 Å². The van der Waals surface area contributed by atoms with Crippen LogP contribution in [-0.4, -0.2) is 22.7 Å². The zero-order valence-electron chi connectivity index (χ0n) is 8.90. The molecule has 1 aromatic carbocycles. The molecule has 7 heteroatoms. The molecule has 3 nitrogen and oxygen atoms in total. The number of hydrogen-bond acceptors (Lipinski definition) is 3. The van der Waals surface area contributed by atoms with E-state index in [-0.39, 0.29) is 6.61 Å². The molecule has 0 spiro atoms. The maximum atomic E-state index is 11.3. The van der Waals surface area contributed by atoms with Crippen LogP contribution in [0.2, 0.25) is 0 Å². The SMILES string of the molecule is C[S+](/N=C(\[O-])OCC(Cl)(Cl)Cl)c1ccccc1. The predicted octanol–water partition coefficient (Wildman–Crippen LogP) is 2.31. The zero-order chi connectivity index (χ0) is 12.9. The Balaban J connectivity index is 2.57. The van der Waals surface area contributed by atoms with E-state index in [2.05, 4.69) is 4.40 Å². The van der Waals surface area contributed by atoms with Crippen LogP contribution in [0.3, 0.4) is 0 Å². The Bertz CT molecular complexity index is 381. The molecule has 1 rings (SSSR count). The van der Waals surface area contributed by atoms with Crippen LogP contribution in [0, 0.1) is 0 Å². The minimum absolute atomic E-state index is 0.314. The molecule has 0 N–H and O–H groups in total.